The summed E-state index contributed by atoms with van der Waals surface area (Å²) in [4.78, 5) is 30.9. The third-order valence-electron chi connectivity index (χ3n) is 5.69. The van der Waals surface area contributed by atoms with Crippen LogP contribution in [0.2, 0.25) is 0 Å². The van der Waals surface area contributed by atoms with Gasteiger partial charge in [-0.1, -0.05) is 0 Å². The number of anilines is 1. The lowest BCUT2D eigenvalue weighted by atomic mass is 10.0. The van der Waals surface area contributed by atoms with Crippen molar-refractivity contribution in [3.05, 3.63) is 18.2 Å². The SMILES string of the molecule is COc1ccc(N2CC(NC(=O)N(C)C3CCN(C)CC3)CC2=O)cc1OC. The molecule has 1 atom stereocenters. The van der Waals surface area contributed by atoms with Crippen LogP contribution in [-0.4, -0.2) is 81.8 Å². The molecule has 3 rings (SSSR count). The van der Waals surface area contributed by atoms with E-state index in [1.54, 1.807) is 36.2 Å². The van der Waals surface area contributed by atoms with E-state index in [9.17, 15) is 9.59 Å². The second-order valence-electron chi connectivity index (χ2n) is 7.54. The highest BCUT2D eigenvalue weighted by atomic mass is 16.5. The van der Waals surface area contributed by atoms with Crippen LogP contribution < -0.4 is 19.7 Å². The second-order valence-corrected chi connectivity index (χ2v) is 7.54. The van der Waals surface area contributed by atoms with Crippen LogP contribution in [-0.2, 0) is 4.79 Å². The molecule has 0 spiro atoms. The van der Waals surface area contributed by atoms with Crippen LogP contribution in [0.5, 0.6) is 11.5 Å². The van der Waals surface area contributed by atoms with E-state index in [2.05, 4.69) is 17.3 Å². The summed E-state index contributed by atoms with van der Waals surface area (Å²) in [7, 11) is 7.08. The van der Waals surface area contributed by atoms with Crippen molar-refractivity contribution in [1.82, 2.24) is 15.1 Å². The van der Waals surface area contributed by atoms with E-state index in [4.69, 9.17) is 9.47 Å². The fraction of sp³-hybridized carbons (Fsp3) is 0.600. The molecule has 0 bridgehead atoms. The molecular weight excluding hydrogens is 360 g/mol. The van der Waals surface area contributed by atoms with Gasteiger partial charge in [-0.05, 0) is 45.1 Å². The molecule has 154 valence electrons. The van der Waals surface area contributed by atoms with E-state index < -0.39 is 0 Å². The first kappa shape index (κ1) is 20.3. The van der Waals surface area contributed by atoms with Gasteiger partial charge >= 0.3 is 6.03 Å². The van der Waals surface area contributed by atoms with Crippen LogP contribution in [0.4, 0.5) is 10.5 Å². The van der Waals surface area contributed by atoms with Crippen molar-refractivity contribution in [1.29, 1.82) is 0 Å². The molecule has 2 heterocycles. The number of amides is 3. The van der Waals surface area contributed by atoms with Crippen LogP contribution in [0, 0.1) is 0 Å². The highest BCUT2D eigenvalue weighted by molar-refractivity contribution is 5.97. The lowest BCUT2D eigenvalue weighted by Gasteiger charge is -2.35. The largest absolute Gasteiger partial charge is 0.493 e. The van der Waals surface area contributed by atoms with Gasteiger partial charge in [0.15, 0.2) is 11.5 Å². The zero-order valence-electron chi connectivity index (χ0n) is 17.1. The standard InChI is InChI=1S/C20H30N4O4/c1-22-9-7-15(8-10-22)23(2)20(26)21-14-11-19(25)24(13-14)16-5-6-17(27-3)18(12-16)28-4/h5-6,12,14-15H,7-11,13H2,1-4H3,(H,21,26). The van der Waals surface area contributed by atoms with E-state index in [0.717, 1.165) is 31.6 Å². The first-order chi connectivity index (χ1) is 13.4. The normalized spacial score (nSPS) is 20.9. The monoisotopic (exact) mass is 390 g/mol. The van der Waals surface area contributed by atoms with Crippen LogP contribution in [0.15, 0.2) is 18.2 Å². The number of nitrogens with one attached hydrogen (secondary N) is 1. The first-order valence-electron chi connectivity index (χ1n) is 9.67. The van der Waals surface area contributed by atoms with Crippen LogP contribution in [0.1, 0.15) is 19.3 Å². The number of ether oxygens (including phenoxy) is 2. The van der Waals surface area contributed by atoms with Gasteiger partial charge in [-0.15, -0.1) is 0 Å². The molecule has 2 saturated heterocycles. The highest BCUT2D eigenvalue weighted by Crippen LogP contribution is 2.33. The van der Waals surface area contributed by atoms with Crippen molar-refractivity contribution in [2.45, 2.75) is 31.3 Å². The zero-order valence-corrected chi connectivity index (χ0v) is 17.1. The Labute approximate surface area is 166 Å². The van der Waals surface area contributed by atoms with E-state index in [0.29, 0.717) is 24.5 Å². The van der Waals surface area contributed by atoms with Crippen molar-refractivity contribution < 1.29 is 19.1 Å². The summed E-state index contributed by atoms with van der Waals surface area (Å²) in [5.41, 5.74) is 0.739. The maximum Gasteiger partial charge on any atom is 0.317 e. The summed E-state index contributed by atoms with van der Waals surface area (Å²) in [6.45, 7) is 2.44. The van der Waals surface area contributed by atoms with E-state index in [1.165, 1.54) is 0 Å². The van der Waals surface area contributed by atoms with Gasteiger partial charge in [0.05, 0.1) is 20.3 Å². The Morgan fingerprint density at radius 2 is 1.86 bits per heavy atom. The Hall–Kier alpha value is -2.48. The smallest absolute Gasteiger partial charge is 0.317 e. The molecular formula is C20H30N4O4. The van der Waals surface area contributed by atoms with Gasteiger partial charge in [0.25, 0.3) is 0 Å². The molecule has 1 aromatic rings. The average Bonchev–Trinajstić information content (AvgIpc) is 3.07. The van der Waals surface area contributed by atoms with Gasteiger partial charge in [-0.3, -0.25) is 4.79 Å². The fourth-order valence-electron chi connectivity index (χ4n) is 3.87. The van der Waals surface area contributed by atoms with Gasteiger partial charge in [0, 0.05) is 37.8 Å². The Morgan fingerprint density at radius 3 is 2.50 bits per heavy atom. The number of likely N-dealkylation sites (tertiary alicyclic amines) is 1. The summed E-state index contributed by atoms with van der Waals surface area (Å²) >= 11 is 0. The molecule has 8 nitrogen and oxygen atoms in total. The van der Waals surface area contributed by atoms with Crippen molar-refractivity contribution in [3.63, 3.8) is 0 Å². The predicted molar refractivity (Wildman–Crippen MR) is 107 cm³/mol. The minimum atomic E-state index is -0.207. The topological polar surface area (TPSA) is 74.4 Å². The molecule has 0 aromatic heterocycles. The predicted octanol–water partition coefficient (Wildman–Crippen LogP) is 1.54. The van der Waals surface area contributed by atoms with Crippen molar-refractivity contribution in [3.8, 4) is 11.5 Å². The third kappa shape index (κ3) is 4.32. The number of hydrogen-bond acceptors (Lipinski definition) is 5. The summed E-state index contributed by atoms with van der Waals surface area (Å²) in [5, 5.41) is 3.02. The van der Waals surface area contributed by atoms with E-state index in [-0.39, 0.29) is 24.0 Å². The summed E-state index contributed by atoms with van der Waals surface area (Å²) in [6.07, 6.45) is 2.24. The van der Waals surface area contributed by atoms with Crippen LogP contribution >= 0.6 is 0 Å². The van der Waals surface area contributed by atoms with Crippen molar-refractivity contribution in [2.24, 2.45) is 0 Å². The van der Waals surface area contributed by atoms with Gasteiger partial charge in [0.1, 0.15) is 0 Å². The number of carbonyl (C=O) groups excluding carboxylic acids is 2. The molecule has 0 aliphatic carbocycles. The quantitative estimate of drug-likeness (QED) is 0.826. The van der Waals surface area contributed by atoms with Gasteiger partial charge < -0.3 is 29.5 Å². The molecule has 2 aliphatic rings. The molecule has 1 unspecified atom stereocenters. The number of benzene rings is 1. The molecule has 0 radical (unpaired) electrons. The number of urea groups is 1. The van der Waals surface area contributed by atoms with Crippen molar-refractivity contribution >= 4 is 17.6 Å². The second kappa shape index (κ2) is 8.68. The van der Waals surface area contributed by atoms with Gasteiger partial charge in [-0.25, -0.2) is 4.79 Å². The highest BCUT2D eigenvalue weighted by Gasteiger charge is 2.33. The van der Waals surface area contributed by atoms with E-state index >= 15 is 0 Å². The van der Waals surface area contributed by atoms with Crippen molar-refractivity contribution in [2.75, 3.05) is 52.8 Å². The van der Waals surface area contributed by atoms with Crippen LogP contribution in [0.3, 0.4) is 0 Å². The molecule has 2 aliphatic heterocycles. The lowest BCUT2D eigenvalue weighted by molar-refractivity contribution is -0.117. The van der Waals surface area contributed by atoms with Gasteiger partial charge in [-0.2, -0.15) is 0 Å². The Balaban J connectivity index is 1.60. The summed E-state index contributed by atoms with van der Waals surface area (Å²) in [6, 6.07) is 5.32. The molecule has 28 heavy (non-hydrogen) atoms. The maximum atomic E-state index is 12.6. The molecule has 2 fully saturated rings. The van der Waals surface area contributed by atoms with Crippen LogP contribution in [0.25, 0.3) is 0 Å². The number of hydrogen-bond donors (Lipinski definition) is 1. The minimum absolute atomic E-state index is 0.0144. The number of nitrogens with zero attached hydrogens (tertiary/aromatic N) is 3. The number of piperidine rings is 1. The third-order valence-corrected chi connectivity index (χ3v) is 5.69. The number of rotatable bonds is 5. The average molecular weight is 390 g/mol. The first-order valence-corrected chi connectivity index (χ1v) is 9.67. The molecule has 1 aromatic carbocycles. The molecule has 8 heteroatoms. The summed E-state index contributed by atoms with van der Waals surface area (Å²) in [5.74, 6) is 1.17. The maximum absolute atomic E-state index is 12.6. The fourth-order valence-corrected chi connectivity index (χ4v) is 3.87. The molecule has 1 N–H and O–H groups in total. The molecule has 0 saturated carbocycles. The minimum Gasteiger partial charge on any atom is -0.493 e. The van der Waals surface area contributed by atoms with E-state index in [1.807, 2.05) is 13.1 Å². The Morgan fingerprint density at radius 1 is 1.18 bits per heavy atom. The number of methoxy groups -OCH3 is 2. The molecule has 3 amide bonds. The summed E-state index contributed by atoms with van der Waals surface area (Å²) < 4.78 is 10.6. The van der Waals surface area contributed by atoms with Gasteiger partial charge in [0.2, 0.25) is 5.91 Å². The Bertz CT molecular complexity index is 718. The zero-order chi connectivity index (χ0) is 20.3. The Kier molecular flexibility index (Phi) is 6.28. The number of carbonyl (C=O) groups is 2. The lowest BCUT2D eigenvalue weighted by Crippen LogP contribution is -2.50.